The van der Waals surface area contributed by atoms with E-state index in [1.165, 1.54) is 5.56 Å². The first-order chi connectivity index (χ1) is 12.0. The molecule has 126 valence electrons. The Morgan fingerprint density at radius 2 is 1.68 bits per heavy atom. The Bertz CT molecular complexity index is 1070. The van der Waals surface area contributed by atoms with Crippen molar-refractivity contribution in [3.8, 4) is 0 Å². The lowest BCUT2D eigenvalue weighted by Crippen LogP contribution is -2.11. The highest BCUT2D eigenvalue weighted by molar-refractivity contribution is 5.93. The first-order valence-electron chi connectivity index (χ1n) is 8.49. The van der Waals surface area contributed by atoms with Crippen LogP contribution in [0.1, 0.15) is 35.5 Å². The molecule has 1 atom stereocenters. The second-order valence-corrected chi connectivity index (χ2v) is 6.57. The molecule has 5 heteroatoms. The van der Waals surface area contributed by atoms with Crippen LogP contribution in [0.2, 0.25) is 0 Å². The number of hydrogen-bond acceptors (Lipinski definition) is 4. The van der Waals surface area contributed by atoms with Crippen molar-refractivity contribution in [2.24, 2.45) is 0 Å². The maximum absolute atomic E-state index is 4.72. The van der Waals surface area contributed by atoms with Gasteiger partial charge in [-0.25, -0.2) is 9.97 Å². The van der Waals surface area contributed by atoms with E-state index in [2.05, 4.69) is 54.5 Å². The van der Waals surface area contributed by atoms with Crippen molar-refractivity contribution in [2.75, 3.05) is 5.32 Å². The lowest BCUT2D eigenvalue weighted by Gasteiger charge is -2.16. The summed E-state index contributed by atoms with van der Waals surface area (Å²) in [7, 11) is 0. The van der Waals surface area contributed by atoms with E-state index < -0.39 is 0 Å². The Kier molecular flexibility index (Phi) is 3.64. The van der Waals surface area contributed by atoms with Gasteiger partial charge in [-0.3, -0.25) is 0 Å². The Labute approximate surface area is 146 Å². The molecule has 3 aromatic heterocycles. The van der Waals surface area contributed by atoms with E-state index in [0.717, 1.165) is 39.4 Å². The molecule has 1 N–H and O–H groups in total. The molecule has 4 aromatic rings. The number of aryl methyl sites for hydroxylation is 3. The zero-order chi connectivity index (χ0) is 17.6. The third-order valence-electron chi connectivity index (χ3n) is 4.46. The number of hydrogen-bond donors (Lipinski definition) is 1. The fourth-order valence-electron chi connectivity index (χ4n) is 3.29. The molecule has 3 heterocycles. The molecular formula is C20H21N5. The summed E-state index contributed by atoms with van der Waals surface area (Å²) in [5, 5.41) is 9.29. The van der Waals surface area contributed by atoms with Crippen LogP contribution in [-0.2, 0) is 0 Å². The number of anilines is 1. The third-order valence-corrected chi connectivity index (χ3v) is 4.46. The largest absolute Gasteiger partial charge is 0.363 e. The predicted octanol–water partition coefficient (Wildman–Crippen LogP) is 4.38. The Hall–Kier alpha value is -2.95. The van der Waals surface area contributed by atoms with Crippen LogP contribution in [0.3, 0.4) is 0 Å². The van der Waals surface area contributed by atoms with Crippen LogP contribution in [0.15, 0.2) is 42.5 Å². The van der Waals surface area contributed by atoms with Gasteiger partial charge in [0.2, 0.25) is 0 Å². The smallest absolute Gasteiger partial charge is 0.184 e. The fourth-order valence-corrected chi connectivity index (χ4v) is 3.29. The molecule has 0 spiro atoms. The van der Waals surface area contributed by atoms with Crippen molar-refractivity contribution in [1.29, 1.82) is 0 Å². The van der Waals surface area contributed by atoms with Crippen LogP contribution in [0.4, 0.5) is 5.82 Å². The van der Waals surface area contributed by atoms with Crippen molar-refractivity contribution in [3.05, 3.63) is 65.0 Å². The summed E-state index contributed by atoms with van der Waals surface area (Å²) in [4.78, 5) is 9.30. The number of fused-ring (bicyclic) bond motifs is 3. The maximum Gasteiger partial charge on any atom is 0.184 e. The molecule has 0 aliphatic carbocycles. The highest BCUT2D eigenvalue weighted by Crippen LogP contribution is 2.26. The van der Waals surface area contributed by atoms with Gasteiger partial charge in [0, 0.05) is 23.5 Å². The second-order valence-electron chi connectivity index (χ2n) is 6.57. The van der Waals surface area contributed by atoms with E-state index in [4.69, 9.17) is 10.1 Å². The minimum atomic E-state index is 0.161. The van der Waals surface area contributed by atoms with Gasteiger partial charge in [-0.1, -0.05) is 30.3 Å². The average molecular weight is 331 g/mol. The quantitative estimate of drug-likeness (QED) is 0.605. The van der Waals surface area contributed by atoms with Gasteiger partial charge in [-0.15, -0.1) is 5.10 Å². The minimum absolute atomic E-state index is 0.161. The molecule has 0 amide bonds. The van der Waals surface area contributed by atoms with Gasteiger partial charge in [0.1, 0.15) is 5.82 Å². The maximum atomic E-state index is 4.72. The topological polar surface area (TPSA) is 55.1 Å². The van der Waals surface area contributed by atoms with Gasteiger partial charge >= 0.3 is 0 Å². The normalized spacial score (nSPS) is 12.6. The standard InChI is InChI=1S/C20H21N5/c1-12-10-13(2)21-19-18(12)20-22-14(3)11-17(25(20)24-19)23-15(4)16-8-6-5-7-9-16/h5-11,15,23H,1-4H3/t15-/m1/s1. The number of nitrogens with one attached hydrogen (secondary N) is 1. The van der Waals surface area contributed by atoms with E-state index in [1.54, 1.807) is 0 Å². The summed E-state index contributed by atoms with van der Waals surface area (Å²) >= 11 is 0. The Balaban J connectivity index is 1.88. The number of nitrogens with zero attached hydrogens (tertiary/aromatic N) is 4. The average Bonchev–Trinajstić information content (AvgIpc) is 2.94. The number of benzene rings is 1. The monoisotopic (exact) mass is 331 g/mol. The molecule has 25 heavy (non-hydrogen) atoms. The number of rotatable bonds is 3. The molecule has 0 bridgehead atoms. The van der Waals surface area contributed by atoms with E-state index in [0.29, 0.717) is 0 Å². The molecule has 0 fully saturated rings. The third kappa shape index (κ3) is 2.71. The molecule has 5 nitrogen and oxygen atoms in total. The van der Waals surface area contributed by atoms with Gasteiger partial charge in [-0.2, -0.15) is 4.52 Å². The van der Waals surface area contributed by atoms with Gasteiger partial charge < -0.3 is 5.32 Å². The van der Waals surface area contributed by atoms with Crippen molar-refractivity contribution < 1.29 is 0 Å². The summed E-state index contributed by atoms with van der Waals surface area (Å²) in [5.74, 6) is 0.925. The first-order valence-corrected chi connectivity index (χ1v) is 8.49. The first kappa shape index (κ1) is 15.6. The minimum Gasteiger partial charge on any atom is -0.363 e. The van der Waals surface area contributed by atoms with E-state index in [-0.39, 0.29) is 6.04 Å². The molecule has 4 rings (SSSR count). The van der Waals surface area contributed by atoms with Crippen LogP contribution in [0, 0.1) is 20.8 Å². The van der Waals surface area contributed by atoms with Crippen LogP contribution in [0.5, 0.6) is 0 Å². The van der Waals surface area contributed by atoms with Crippen molar-refractivity contribution in [3.63, 3.8) is 0 Å². The molecule has 0 aliphatic rings. The lowest BCUT2D eigenvalue weighted by atomic mass is 10.1. The zero-order valence-electron chi connectivity index (χ0n) is 14.9. The number of aromatic nitrogens is 4. The number of pyridine rings is 1. The van der Waals surface area contributed by atoms with Crippen LogP contribution in [0.25, 0.3) is 16.7 Å². The molecule has 0 aliphatic heterocycles. The van der Waals surface area contributed by atoms with Crippen LogP contribution in [-0.4, -0.2) is 19.6 Å². The Morgan fingerprint density at radius 1 is 0.960 bits per heavy atom. The van der Waals surface area contributed by atoms with E-state index in [9.17, 15) is 0 Å². The van der Waals surface area contributed by atoms with Crippen molar-refractivity contribution in [2.45, 2.75) is 33.7 Å². The summed E-state index contributed by atoms with van der Waals surface area (Å²) in [5.41, 5.74) is 5.90. The van der Waals surface area contributed by atoms with Crippen LogP contribution >= 0.6 is 0 Å². The van der Waals surface area contributed by atoms with Crippen molar-refractivity contribution in [1.82, 2.24) is 19.6 Å². The highest BCUT2D eigenvalue weighted by Gasteiger charge is 2.15. The summed E-state index contributed by atoms with van der Waals surface area (Å²) in [6.07, 6.45) is 0. The molecular weight excluding hydrogens is 310 g/mol. The van der Waals surface area contributed by atoms with E-state index in [1.807, 2.05) is 30.5 Å². The lowest BCUT2D eigenvalue weighted by molar-refractivity contribution is 0.840. The summed E-state index contributed by atoms with van der Waals surface area (Å²) < 4.78 is 1.87. The van der Waals surface area contributed by atoms with Gasteiger partial charge in [0.05, 0.1) is 5.39 Å². The fraction of sp³-hybridized carbons (Fsp3) is 0.250. The van der Waals surface area contributed by atoms with Crippen LogP contribution < -0.4 is 5.32 Å². The van der Waals surface area contributed by atoms with Gasteiger partial charge in [-0.05, 0) is 44.9 Å². The van der Waals surface area contributed by atoms with Gasteiger partial charge in [0.25, 0.3) is 0 Å². The molecule has 0 saturated carbocycles. The molecule has 0 radical (unpaired) electrons. The molecule has 0 unspecified atom stereocenters. The molecule has 1 aromatic carbocycles. The summed E-state index contributed by atoms with van der Waals surface area (Å²) in [6.45, 7) is 8.23. The Morgan fingerprint density at radius 3 is 2.44 bits per heavy atom. The van der Waals surface area contributed by atoms with E-state index >= 15 is 0 Å². The summed E-state index contributed by atoms with van der Waals surface area (Å²) in [6, 6.07) is 14.7. The second kappa shape index (κ2) is 5.84. The molecule has 0 saturated heterocycles. The highest BCUT2D eigenvalue weighted by atomic mass is 15.3. The van der Waals surface area contributed by atoms with Gasteiger partial charge in [0.15, 0.2) is 11.3 Å². The SMILES string of the molecule is Cc1cc(C)c2c(n1)nn1c(N[C@H](C)c3ccccc3)cc(C)nc21. The van der Waals surface area contributed by atoms with Crippen molar-refractivity contribution >= 4 is 22.5 Å². The zero-order valence-corrected chi connectivity index (χ0v) is 14.9. The predicted molar refractivity (Wildman–Crippen MR) is 101 cm³/mol.